The topological polar surface area (TPSA) is 66.5 Å². The van der Waals surface area contributed by atoms with E-state index in [2.05, 4.69) is 0 Å². The largest absolute Gasteiger partial charge is 0.508 e. The molecule has 0 heterocycles. The van der Waals surface area contributed by atoms with Gasteiger partial charge in [-0.2, -0.15) is 13.2 Å². The van der Waals surface area contributed by atoms with Crippen LogP contribution in [-0.2, 0) is 6.18 Å². The van der Waals surface area contributed by atoms with E-state index >= 15 is 0 Å². The molecule has 1 unspecified atom stereocenters. The molecular weight excluding hydrogens is 223 g/mol. The molecule has 0 saturated carbocycles. The molecule has 0 radical (unpaired) electrons. The summed E-state index contributed by atoms with van der Waals surface area (Å²) in [6, 6.07) is 2.46. The molecule has 0 aliphatic rings. The fourth-order valence-corrected chi connectivity index (χ4v) is 1.32. The maximum Gasteiger partial charge on any atom is 0.416 e. The maximum absolute atomic E-state index is 12.3. The van der Waals surface area contributed by atoms with E-state index in [-0.39, 0.29) is 18.5 Å². The molecule has 0 spiro atoms. The Labute approximate surface area is 90.3 Å². The van der Waals surface area contributed by atoms with Crippen LogP contribution in [0.3, 0.4) is 0 Å². The van der Waals surface area contributed by atoms with Crippen molar-refractivity contribution in [3.63, 3.8) is 0 Å². The van der Waals surface area contributed by atoms with E-state index in [1.165, 1.54) is 0 Å². The highest BCUT2D eigenvalue weighted by molar-refractivity contribution is 5.38. The molecule has 0 bridgehead atoms. The van der Waals surface area contributed by atoms with Crippen LogP contribution in [0.4, 0.5) is 13.2 Å². The van der Waals surface area contributed by atoms with Gasteiger partial charge in [-0.15, -0.1) is 0 Å². The van der Waals surface area contributed by atoms with Gasteiger partial charge < -0.3 is 15.9 Å². The molecule has 0 aromatic heterocycles. The van der Waals surface area contributed by atoms with E-state index < -0.39 is 23.6 Å². The first-order valence-corrected chi connectivity index (χ1v) is 4.64. The molecule has 1 aromatic rings. The van der Waals surface area contributed by atoms with Crippen LogP contribution in [0.1, 0.15) is 23.7 Å². The van der Waals surface area contributed by atoms with Gasteiger partial charge in [0, 0.05) is 5.56 Å². The zero-order valence-corrected chi connectivity index (χ0v) is 8.33. The molecular formula is C10H12F3NO2. The zero-order chi connectivity index (χ0) is 12.3. The Bertz CT molecular complexity index is 366. The van der Waals surface area contributed by atoms with Crippen molar-refractivity contribution in [3.8, 4) is 5.75 Å². The number of hydrogen-bond donors (Lipinski definition) is 3. The number of halogens is 3. The summed E-state index contributed by atoms with van der Waals surface area (Å²) in [4.78, 5) is 0. The summed E-state index contributed by atoms with van der Waals surface area (Å²) >= 11 is 0. The number of benzene rings is 1. The van der Waals surface area contributed by atoms with Gasteiger partial charge >= 0.3 is 6.18 Å². The molecule has 0 amide bonds. The summed E-state index contributed by atoms with van der Waals surface area (Å²) in [6.07, 6.45) is -5.37. The van der Waals surface area contributed by atoms with Gasteiger partial charge in [0.15, 0.2) is 0 Å². The first-order valence-electron chi connectivity index (χ1n) is 4.64. The molecule has 1 atom stereocenters. The van der Waals surface area contributed by atoms with Gasteiger partial charge in [-0.05, 0) is 25.1 Å². The average molecular weight is 235 g/mol. The number of alkyl halides is 3. The first-order chi connectivity index (χ1) is 7.36. The zero-order valence-electron chi connectivity index (χ0n) is 8.33. The van der Waals surface area contributed by atoms with Gasteiger partial charge in [-0.25, -0.2) is 0 Å². The molecule has 6 heteroatoms. The predicted octanol–water partition coefficient (Wildman–Crippen LogP) is 1.79. The third kappa shape index (κ3) is 2.86. The van der Waals surface area contributed by atoms with Crippen molar-refractivity contribution in [2.45, 2.75) is 18.7 Å². The molecule has 3 nitrogen and oxygen atoms in total. The summed E-state index contributed by atoms with van der Waals surface area (Å²) in [5.41, 5.74) is 4.30. The first kappa shape index (κ1) is 12.8. The van der Waals surface area contributed by atoms with E-state index in [1.807, 2.05) is 0 Å². The van der Waals surface area contributed by atoms with Gasteiger partial charge in [-0.1, -0.05) is 6.07 Å². The Morgan fingerprint density at radius 2 is 1.94 bits per heavy atom. The number of nitrogens with two attached hydrogens (primary N) is 1. The van der Waals surface area contributed by atoms with E-state index in [0.717, 1.165) is 12.1 Å². The lowest BCUT2D eigenvalue weighted by molar-refractivity contribution is -0.137. The van der Waals surface area contributed by atoms with Crippen molar-refractivity contribution in [2.75, 3.05) is 6.54 Å². The Balaban J connectivity index is 3.00. The smallest absolute Gasteiger partial charge is 0.416 e. The highest BCUT2D eigenvalue weighted by atomic mass is 19.4. The maximum atomic E-state index is 12.3. The lowest BCUT2D eigenvalue weighted by Crippen LogP contribution is -2.09. The number of aliphatic hydroxyl groups excluding tert-OH is 1. The van der Waals surface area contributed by atoms with Crippen molar-refractivity contribution in [1.29, 1.82) is 0 Å². The van der Waals surface area contributed by atoms with Gasteiger partial charge in [0.2, 0.25) is 0 Å². The van der Waals surface area contributed by atoms with Gasteiger partial charge in [0.05, 0.1) is 11.7 Å². The van der Waals surface area contributed by atoms with Crippen molar-refractivity contribution in [2.24, 2.45) is 5.73 Å². The van der Waals surface area contributed by atoms with E-state index in [1.54, 1.807) is 0 Å². The second kappa shape index (κ2) is 4.71. The summed E-state index contributed by atoms with van der Waals surface area (Å²) in [5, 5.41) is 18.8. The quantitative estimate of drug-likeness (QED) is 0.748. The van der Waals surface area contributed by atoms with E-state index in [4.69, 9.17) is 5.73 Å². The van der Waals surface area contributed by atoms with Crippen LogP contribution >= 0.6 is 0 Å². The fraction of sp³-hybridized carbons (Fsp3) is 0.400. The molecule has 1 rings (SSSR count). The molecule has 0 aliphatic heterocycles. The van der Waals surface area contributed by atoms with Crippen LogP contribution in [-0.4, -0.2) is 16.8 Å². The monoisotopic (exact) mass is 235 g/mol. The molecule has 0 fully saturated rings. The average Bonchev–Trinajstić information content (AvgIpc) is 2.16. The summed E-state index contributed by atoms with van der Waals surface area (Å²) in [5.74, 6) is -0.573. The predicted molar refractivity (Wildman–Crippen MR) is 51.7 cm³/mol. The van der Waals surface area contributed by atoms with Crippen LogP contribution in [0.5, 0.6) is 5.75 Å². The number of hydrogen-bond acceptors (Lipinski definition) is 3. The van der Waals surface area contributed by atoms with Gasteiger partial charge in [0.25, 0.3) is 0 Å². The molecule has 4 N–H and O–H groups in total. The Hall–Kier alpha value is -1.27. The van der Waals surface area contributed by atoms with E-state index in [9.17, 15) is 23.4 Å². The lowest BCUT2D eigenvalue weighted by atomic mass is 10.0. The second-order valence-corrected chi connectivity index (χ2v) is 3.36. The third-order valence-electron chi connectivity index (χ3n) is 2.16. The van der Waals surface area contributed by atoms with Crippen molar-refractivity contribution in [1.82, 2.24) is 0 Å². The number of phenolic OH excluding ortho intramolecular Hbond substituents is 1. The van der Waals surface area contributed by atoms with Crippen LogP contribution in [0.25, 0.3) is 0 Å². The number of rotatable bonds is 3. The Morgan fingerprint density at radius 1 is 1.31 bits per heavy atom. The molecule has 16 heavy (non-hydrogen) atoms. The van der Waals surface area contributed by atoms with Crippen molar-refractivity contribution >= 4 is 0 Å². The Kier molecular flexibility index (Phi) is 3.77. The molecule has 0 saturated heterocycles. The number of aromatic hydroxyl groups is 1. The van der Waals surface area contributed by atoms with E-state index in [0.29, 0.717) is 6.07 Å². The fourth-order valence-electron chi connectivity index (χ4n) is 1.32. The van der Waals surface area contributed by atoms with Crippen LogP contribution in [0.2, 0.25) is 0 Å². The summed E-state index contributed by atoms with van der Waals surface area (Å²) < 4.78 is 36.8. The molecule has 90 valence electrons. The highest BCUT2D eigenvalue weighted by Crippen LogP contribution is 2.34. The minimum atomic E-state index is -4.51. The number of phenols is 1. The Morgan fingerprint density at radius 3 is 2.38 bits per heavy atom. The molecule has 0 aliphatic carbocycles. The normalized spacial score (nSPS) is 13.8. The van der Waals surface area contributed by atoms with Gasteiger partial charge in [0.1, 0.15) is 5.75 Å². The highest BCUT2D eigenvalue weighted by Gasteiger charge is 2.31. The SMILES string of the molecule is NCCC(O)c1ccc(C(F)(F)F)cc1O. The standard InChI is InChI=1S/C10H12F3NO2/c11-10(12,13)6-1-2-7(9(16)5-6)8(15)3-4-14/h1-2,5,8,15-16H,3-4,14H2. The van der Waals surface area contributed by atoms with Crippen molar-refractivity contribution < 1.29 is 23.4 Å². The minimum Gasteiger partial charge on any atom is -0.508 e. The summed E-state index contributed by atoms with van der Waals surface area (Å²) in [7, 11) is 0. The van der Waals surface area contributed by atoms with Gasteiger partial charge in [-0.3, -0.25) is 0 Å². The van der Waals surface area contributed by atoms with Crippen LogP contribution in [0, 0.1) is 0 Å². The van der Waals surface area contributed by atoms with Crippen LogP contribution in [0.15, 0.2) is 18.2 Å². The van der Waals surface area contributed by atoms with Crippen LogP contribution < -0.4 is 5.73 Å². The second-order valence-electron chi connectivity index (χ2n) is 3.36. The minimum absolute atomic E-state index is 0.0541. The summed E-state index contributed by atoms with van der Waals surface area (Å²) in [6.45, 7) is 0.182. The number of aliphatic hydroxyl groups is 1. The van der Waals surface area contributed by atoms with Crippen molar-refractivity contribution in [3.05, 3.63) is 29.3 Å². The third-order valence-corrected chi connectivity index (χ3v) is 2.16. The molecule has 1 aromatic carbocycles. The lowest BCUT2D eigenvalue weighted by Gasteiger charge is -2.13.